The van der Waals surface area contributed by atoms with E-state index in [2.05, 4.69) is 11.4 Å². The first-order chi connectivity index (χ1) is 9.05. The number of likely N-dealkylation sites (tertiary alicyclic amines) is 1. The molecule has 1 rings (SSSR count). The number of hydrogen-bond donors (Lipinski definition) is 1. The first-order valence-electron chi connectivity index (χ1n) is 6.57. The average molecular weight is 267 g/mol. The van der Waals surface area contributed by atoms with Crippen LogP contribution < -0.4 is 5.32 Å². The van der Waals surface area contributed by atoms with Gasteiger partial charge in [-0.2, -0.15) is 5.26 Å². The molecule has 1 aliphatic heterocycles. The van der Waals surface area contributed by atoms with E-state index in [1.54, 1.807) is 6.92 Å². The molecule has 106 valence electrons. The van der Waals surface area contributed by atoms with Crippen molar-refractivity contribution in [3.63, 3.8) is 0 Å². The average Bonchev–Trinajstić information content (AvgIpc) is 2.28. The third-order valence-electron chi connectivity index (χ3n) is 3.08. The van der Waals surface area contributed by atoms with Crippen LogP contribution in [0.15, 0.2) is 0 Å². The molecular weight excluding hydrogens is 246 g/mol. The third kappa shape index (κ3) is 5.71. The highest BCUT2D eigenvalue weighted by atomic mass is 16.5. The second kappa shape index (κ2) is 7.74. The van der Waals surface area contributed by atoms with Gasteiger partial charge in [0.1, 0.15) is 0 Å². The van der Waals surface area contributed by atoms with Crippen LogP contribution in [0.3, 0.4) is 0 Å². The molecule has 0 aromatic rings. The maximum Gasteiger partial charge on any atom is 0.306 e. The molecular formula is C13H21N3O3. The van der Waals surface area contributed by atoms with Gasteiger partial charge in [0.05, 0.1) is 19.2 Å². The van der Waals surface area contributed by atoms with Crippen LogP contribution in [-0.4, -0.2) is 49.1 Å². The summed E-state index contributed by atoms with van der Waals surface area (Å²) < 4.78 is 4.95. The number of esters is 1. The molecule has 0 radical (unpaired) electrons. The van der Waals surface area contributed by atoms with E-state index in [1.807, 2.05) is 4.90 Å². The number of nitrogens with one attached hydrogen (secondary N) is 1. The summed E-state index contributed by atoms with van der Waals surface area (Å²) in [4.78, 5) is 24.6. The standard InChI is InChI=1S/C13H21N3O3/c1-3-19-13(18)7-11-6-12(15-10(2)17)9-16(8-11)5-4-14/h11-12H,3,5-9H2,1-2H3,(H,15,17). The third-order valence-corrected chi connectivity index (χ3v) is 3.08. The van der Waals surface area contributed by atoms with Crippen molar-refractivity contribution in [3.8, 4) is 6.07 Å². The van der Waals surface area contributed by atoms with Gasteiger partial charge in [-0.15, -0.1) is 0 Å². The Hall–Kier alpha value is -1.61. The van der Waals surface area contributed by atoms with Crippen molar-refractivity contribution in [3.05, 3.63) is 0 Å². The summed E-state index contributed by atoms with van der Waals surface area (Å²) in [5.41, 5.74) is 0. The Morgan fingerprint density at radius 2 is 2.21 bits per heavy atom. The molecule has 6 nitrogen and oxygen atoms in total. The van der Waals surface area contributed by atoms with Crippen molar-refractivity contribution in [2.75, 3.05) is 26.2 Å². The number of carbonyl (C=O) groups is 2. The SMILES string of the molecule is CCOC(=O)CC1CC(NC(C)=O)CN(CC#N)C1. The number of carbonyl (C=O) groups excluding carboxylic acids is 2. The van der Waals surface area contributed by atoms with Gasteiger partial charge in [-0.3, -0.25) is 14.5 Å². The molecule has 0 aromatic carbocycles. The maximum atomic E-state index is 11.5. The number of hydrogen-bond acceptors (Lipinski definition) is 5. The second-order valence-corrected chi connectivity index (χ2v) is 4.86. The molecule has 6 heteroatoms. The molecule has 1 N–H and O–H groups in total. The normalized spacial score (nSPS) is 23.4. The molecule has 1 saturated heterocycles. The predicted molar refractivity (Wildman–Crippen MR) is 69.0 cm³/mol. The van der Waals surface area contributed by atoms with Crippen molar-refractivity contribution >= 4 is 11.9 Å². The van der Waals surface area contributed by atoms with Crippen molar-refractivity contribution in [2.45, 2.75) is 32.7 Å². The van der Waals surface area contributed by atoms with E-state index in [1.165, 1.54) is 6.92 Å². The van der Waals surface area contributed by atoms with Crippen molar-refractivity contribution in [1.29, 1.82) is 5.26 Å². The summed E-state index contributed by atoms with van der Waals surface area (Å²) in [6.07, 6.45) is 1.09. The number of rotatable bonds is 5. The quantitative estimate of drug-likeness (QED) is 0.572. The van der Waals surface area contributed by atoms with Crippen LogP contribution in [0.2, 0.25) is 0 Å². The molecule has 0 bridgehead atoms. The fraction of sp³-hybridized carbons (Fsp3) is 0.769. The zero-order valence-corrected chi connectivity index (χ0v) is 11.5. The van der Waals surface area contributed by atoms with Crippen LogP contribution in [0, 0.1) is 17.2 Å². The van der Waals surface area contributed by atoms with Gasteiger partial charge in [-0.05, 0) is 19.3 Å². The number of nitrogens with zero attached hydrogens (tertiary/aromatic N) is 2. The first kappa shape index (κ1) is 15.4. The van der Waals surface area contributed by atoms with Gasteiger partial charge < -0.3 is 10.1 Å². The summed E-state index contributed by atoms with van der Waals surface area (Å²) >= 11 is 0. The van der Waals surface area contributed by atoms with Crippen LogP contribution in [0.25, 0.3) is 0 Å². The van der Waals surface area contributed by atoms with Gasteiger partial charge in [0.15, 0.2) is 0 Å². The largest absolute Gasteiger partial charge is 0.466 e. The zero-order valence-electron chi connectivity index (χ0n) is 11.5. The Bertz CT molecular complexity index is 365. The molecule has 2 atom stereocenters. The van der Waals surface area contributed by atoms with Gasteiger partial charge in [-0.25, -0.2) is 0 Å². The number of piperidine rings is 1. The number of nitriles is 1. The molecule has 2 unspecified atom stereocenters. The van der Waals surface area contributed by atoms with Gasteiger partial charge in [0.25, 0.3) is 0 Å². The fourth-order valence-corrected chi connectivity index (χ4v) is 2.53. The fourth-order valence-electron chi connectivity index (χ4n) is 2.53. The Balaban J connectivity index is 2.56. The lowest BCUT2D eigenvalue weighted by Gasteiger charge is -2.36. The van der Waals surface area contributed by atoms with Crippen LogP contribution in [0.1, 0.15) is 26.7 Å². The Morgan fingerprint density at radius 3 is 2.79 bits per heavy atom. The van der Waals surface area contributed by atoms with E-state index >= 15 is 0 Å². The van der Waals surface area contributed by atoms with E-state index in [-0.39, 0.29) is 23.8 Å². The topological polar surface area (TPSA) is 82.4 Å². The predicted octanol–water partition coefficient (Wildman–Crippen LogP) is 0.290. The van der Waals surface area contributed by atoms with Gasteiger partial charge in [0, 0.05) is 32.5 Å². The summed E-state index contributed by atoms with van der Waals surface area (Å²) in [5, 5.41) is 11.6. The minimum atomic E-state index is -0.215. The van der Waals surface area contributed by atoms with Gasteiger partial charge in [0.2, 0.25) is 5.91 Å². The van der Waals surface area contributed by atoms with E-state index < -0.39 is 0 Å². The highest BCUT2D eigenvalue weighted by Gasteiger charge is 2.29. The van der Waals surface area contributed by atoms with Crippen molar-refractivity contribution in [1.82, 2.24) is 10.2 Å². The lowest BCUT2D eigenvalue weighted by Crippen LogP contribution is -2.50. The van der Waals surface area contributed by atoms with Crippen LogP contribution in [0.5, 0.6) is 0 Å². The van der Waals surface area contributed by atoms with E-state index in [0.29, 0.717) is 32.7 Å². The molecule has 0 aromatic heterocycles. The highest BCUT2D eigenvalue weighted by Crippen LogP contribution is 2.20. The lowest BCUT2D eigenvalue weighted by molar-refractivity contribution is -0.144. The summed E-state index contributed by atoms with van der Waals surface area (Å²) in [6.45, 7) is 5.30. The summed E-state index contributed by atoms with van der Waals surface area (Å²) in [5.74, 6) is -0.176. The summed E-state index contributed by atoms with van der Waals surface area (Å²) in [7, 11) is 0. The lowest BCUT2D eigenvalue weighted by atomic mass is 9.91. The molecule has 1 fully saturated rings. The Kier molecular flexibility index (Phi) is 6.30. The van der Waals surface area contributed by atoms with Crippen molar-refractivity contribution in [2.24, 2.45) is 5.92 Å². The Labute approximate surface area is 113 Å². The smallest absolute Gasteiger partial charge is 0.306 e. The highest BCUT2D eigenvalue weighted by molar-refractivity contribution is 5.73. The minimum absolute atomic E-state index is 0.000901. The summed E-state index contributed by atoms with van der Waals surface area (Å²) in [6, 6.07) is 2.11. The Morgan fingerprint density at radius 1 is 1.47 bits per heavy atom. The zero-order chi connectivity index (χ0) is 14.3. The van der Waals surface area contributed by atoms with Crippen LogP contribution in [-0.2, 0) is 14.3 Å². The molecule has 1 aliphatic rings. The second-order valence-electron chi connectivity index (χ2n) is 4.86. The van der Waals surface area contributed by atoms with Gasteiger partial charge >= 0.3 is 5.97 Å². The minimum Gasteiger partial charge on any atom is -0.466 e. The van der Waals surface area contributed by atoms with E-state index in [4.69, 9.17) is 10.00 Å². The van der Waals surface area contributed by atoms with E-state index in [9.17, 15) is 9.59 Å². The molecule has 0 aliphatic carbocycles. The van der Waals surface area contributed by atoms with Crippen LogP contribution in [0.4, 0.5) is 0 Å². The first-order valence-corrected chi connectivity index (χ1v) is 6.57. The number of ether oxygens (including phenoxy) is 1. The maximum absolute atomic E-state index is 11.5. The monoisotopic (exact) mass is 267 g/mol. The van der Waals surface area contributed by atoms with E-state index in [0.717, 1.165) is 6.42 Å². The van der Waals surface area contributed by atoms with Crippen molar-refractivity contribution < 1.29 is 14.3 Å². The molecule has 1 heterocycles. The molecule has 0 saturated carbocycles. The molecule has 19 heavy (non-hydrogen) atoms. The molecule has 0 spiro atoms. The molecule has 1 amide bonds. The van der Waals surface area contributed by atoms with Crippen LogP contribution >= 0.6 is 0 Å². The van der Waals surface area contributed by atoms with Gasteiger partial charge in [-0.1, -0.05) is 0 Å². The number of amides is 1.